The number of carboxylic acids is 1. The summed E-state index contributed by atoms with van der Waals surface area (Å²) >= 11 is 0. The standard InChI is InChI=1S/C16H24N2O4/c1-10(2)18-11(3)7-14(19)15(20)13(18)9-17-6-4-5-12(8-17)16(21)22/h7,10,12,20H,4-6,8-9H2,1-3H3,(H,21,22). The zero-order valence-electron chi connectivity index (χ0n) is 13.4. The van der Waals surface area contributed by atoms with Gasteiger partial charge in [-0.2, -0.15) is 0 Å². The number of carbonyl (C=O) groups is 1. The third kappa shape index (κ3) is 3.32. The molecule has 1 fully saturated rings. The number of aryl methyl sites for hydroxylation is 1. The molecule has 1 aromatic heterocycles. The van der Waals surface area contributed by atoms with E-state index in [1.807, 2.05) is 30.2 Å². The monoisotopic (exact) mass is 308 g/mol. The lowest BCUT2D eigenvalue weighted by Crippen LogP contribution is -2.39. The molecule has 0 bridgehead atoms. The molecule has 0 saturated carbocycles. The van der Waals surface area contributed by atoms with Crippen LogP contribution in [0.5, 0.6) is 5.75 Å². The summed E-state index contributed by atoms with van der Waals surface area (Å²) in [4.78, 5) is 25.1. The lowest BCUT2D eigenvalue weighted by atomic mass is 9.98. The SMILES string of the molecule is Cc1cc(=O)c(O)c(CN2CCCC(C(=O)O)C2)n1C(C)C. The van der Waals surface area contributed by atoms with Crippen LogP contribution in [0.25, 0.3) is 0 Å². The number of aromatic nitrogens is 1. The van der Waals surface area contributed by atoms with Crippen LogP contribution in [0.3, 0.4) is 0 Å². The van der Waals surface area contributed by atoms with Gasteiger partial charge in [0, 0.05) is 30.9 Å². The average Bonchev–Trinajstić information content (AvgIpc) is 2.44. The molecule has 2 N–H and O–H groups in total. The molecule has 122 valence electrons. The zero-order valence-corrected chi connectivity index (χ0v) is 13.4. The van der Waals surface area contributed by atoms with Crippen LogP contribution in [0.4, 0.5) is 0 Å². The van der Waals surface area contributed by atoms with E-state index < -0.39 is 5.97 Å². The summed E-state index contributed by atoms with van der Waals surface area (Å²) < 4.78 is 1.95. The highest BCUT2D eigenvalue weighted by molar-refractivity contribution is 5.70. The fourth-order valence-corrected chi connectivity index (χ4v) is 3.28. The number of piperidine rings is 1. The Balaban J connectivity index is 2.32. The number of rotatable bonds is 4. The molecule has 6 heteroatoms. The molecular formula is C16H24N2O4. The van der Waals surface area contributed by atoms with Crippen LogP contribution in [0.2, 0.25) is 0 Å². The normalized spacial score (nSPS) is 19.5. The molecule has 0 amide bonds. The smallest absolute Gasteiger partial charge is 0.307 e. The number of likely N-dealkylation sites (tertiary alicyclic amines) is 1. The van der Waals surface area contributed by atoms with Crippen LogP contribution in [-0.2, 0) is 11.3 Å². The predicted molar refractivity (Wildman–Crippen MR) is 83.1 cm³/mol. The summed E-state index contributed by atoms with van der Waals surface area (Å²) in [7, 11) is 0. The van der Waals surface area contributed by atoms with Crippen molar-refractivity contribution < 1.29 is 15.0 Å². The van der Waals surface area contributed by atoms with E-state index in [1.165, 1.54) is 6.07 Å². The summed E-state index contributed by atoms with van der Waals surface area (Å²) in [6, 6.07) is 1.55. The maximum atomic E-state index is 11.9. The molecule has 1 aromatic rings. The Hall–Kier alpha value is -1.82. The molecule has 1 saturated heterocycles. The van der Waals surface area contributed by atoms with Crippen molar-refractivity contribution in [2.24, 2.45) is 5.92 Å². The molecule has 1 atom stereocenters. The van der Waals surface area contributed by atoms with E-state index in [4.69, 9.17) is 0 Å². The maximum Gasteiger partial charge on any atom is 0.307 e. The number of nitrogens with zero attached hydrogens (tertiary/aromatic N) is 2. The van der Waals surface area contributed by atoms with Gasteiger partial charge in [-0.25, -0.2) is 0 Å². The summed E-state index contributed by atoms with van der Waals surface area (Å²) in [5.41, 5.74) is 1.00. The van der Waals surface area contributed by atoms with Gasteiger partial charge in [0.2, 0.25) is 5.43 Å². The van der Waals surface area contributed by atoms with Gasteiger partial charge in [-0.15, -0.1) is 0 Å². The minimum Gasteiger partial charge on any atom is -0.503 e. The quantitative estimate of drug-likeness (QED) is 0.885. The lowest BCUT2D eigenvalue weighted by Gasteiger charge is -2.32. The fourth-order valence-electron chi connectivity index (χ4n) is 3.28. The molecule has 1 aliphatic rings. The molecule has 2 rings (SSSR count). The summed E-state index contributed by atoms with van der Waals surface area (Å²) in [5, 5.41) is 19.4. The molecule has 2 heterocycles. The third-order valence-corrected chi connectivity index (χ3v) is 4.26. The van der Waals surface area contributed by atoms with Gasteiger partial charge in [0.05, 0.1) is 11.6 Å². The van der Waals surface area contributed by atoms with Crippen molar-refractivity contribution in [2.75, 3.05) is 13.1 Å². The second kappa shape index (κ2) is 6.52. The van der Waals surface area contributed by atoms with Crippen LogP contribution < -0.4 is 5.43 Å². The van der Waals surface area contributed by atoms with Crippen molar-refractivity contribution in [2.45, 2.75) is 46.2 Å². The number of hydrogen-bond donors (Lipinski definition) is 2. The molecule has 6 nitrogen and oxygen atoms in total. The minimum atomic E-state index is -0.778. The fraction of sp³-hybridized carbons (Fsp3) is 0.625. The Bertz CT molecular complexity index is 621. The largest absolute Gasteiger partial charge is 0.503 e. The van der Waals surface area contributed by atoms with Gasteiger partial charge in [0.25, 0.3) is 0 Å². The van der Waals surface area contributed by atoms with Crippen LogP contribution in [-0.4, -0.2) is 38.7 Å². The molecule has 0 aliphatic carbocycles. The van der Waals surface area contributed by atoms with Crippen LogP contribution >= 0.6 is 0 Å². The highest BCUT2D eigenvalue weighted by atomic mass is 16.4. The summed E-state index contributed by atoms with van der Waals surface area (Å²) in [6.07, 6.45) is 1.50. The van der Waals surface area contributed by atoms with Gasteiger partial charge in [-0.05, 0) is 40.2 Å². The van der Waals surface area contributed by atoms with E-state index in [0.717, 1.165) is 18.7 Å². The van der Waals surface area contributed by atoms with Crippen molar-refractivity contribution in [1.82, 2.24) is 9.47 Å². The Morgan fingerprint density at radius 1 is 1.45 bits per heavy atom. The van der Waals surface area contributed by atoms with Crippen molar-refractivity contribution in [3.63, 3.8) is 0 Å². The van der Waals surface area contributed by atoms with E-state index in [9.17, 15) is 19.8 Å². The third-order valence-electron chi connectivity index (χ3n) is 4.26. The highest BCUT2D eigenvalue weighted by Gasteiger charge is 2.27. The van der Waals surface area contributed by atoms with E-state index in [2.05, 4.69) is 0 Å². The Morgan fingerprint density at radius 3 is 2.73 bits per heavy atom. The number of aromatic hydroxyl groups is 1. The van der Waals surface area contributed by atoms with Crippen LogP contribution in [0.1, 0.15) is 44.1 Å². The molecule has 0 radical (unpaired) electrons. The van der Waals surface area contributed by atoms with E-state index in [1.54, 1.807) is 0 Å². The second-order valence-electron chi connectivity index (χ2n) is 6.32. The van der Waals surface area contributed by atoms with Gasteiger partial charge < -0.3 is 14.8 Å². The van der Waals surface area contributed by atoms with E-state index in [0.29, 0.717) is 25.2 Å². The van der Waals surface area contributed by atoms with Crippen LogP contribution in [0, 0.1) is 12.8 Å². The molecule has 0 aromatic carbocycles. The number of carboxylic acid groups (broad SMARTS) is 1. The topological polar surface area (TPSA) is 82.8 Å². The summed E-state index contributed by atoms with van der Waals surface area (Å²) in [5.74, 6) is -1.38. The number of hydrogen-bond acceptors (Lipinski definition) is 4. The van der Waals surface area contributed by atoms with Crippen LogP contribution in [0.15, 0.2) is 10.9 Å². The Kier molecular flexibility index (Phi) is 4.90. The van der Waals surface area contributed by atoms with Gasteiger partial charge in [-0.3, -0.25) is 14.5 Å². The van der Waals surface area contributed by atoms with E-state index in [-0.39, 0.29) is 23.1 Å². The van der Waals surface area contributed by atoms with Crippen molar-refractivity contribution in [3.05, 3.63) is 27.7 Å². The van der Waals surface area contributed by atoms with Gasteiger partial charge in [-0.1, -0.05) is 0 Å². The molecule has 0 spiro atoms. The van der Waals surface area contributed by atoms with Crippen molar-refractivity contribution in [3.8, 4) is 5.75 Å². The number of aliphatic carboxylic acids is 1. The van der Waals surface area contributed by atoms with Crippen molar-refractivity contribution >= 4 is 5.97 Å². The predicted octanol–water partition coefficient (Wildman–Crippen LogP) is 1.74. The van der Waals surface area contributed by atoms with Gasteiger partial charge in [0.1, 0.15) is 0 Å². The zero-order chi connectivity index (χ0) is 16.4. The lowest BCUT2D eigenvalue weighted by molar-refractivity contribution is -0.143. The summed E-state index contributed by atoms with van der Waals surface area (Å²) in [6.45, 7) is 7.47. The second-order valence-corrected chi connectivity index (χ2v) is 6.32. The molecule has 1 unspecified atom stereocenters. The number of pyridine rings is 1. The van der Waals surface area contributed by atoms with Crippen molar-refractivity contribution in [1.29, 1.82) is 0 Å². The first-order valence-corrected chi connectivity index (χ1v) is 7.70. The maximum absolute atomic E-state index is 11.9. The van der Waals surface area contributed by atoms with E-state index >= 15 is 0 Å². The first-order chi connectivity index (χ1) is 10.3. The average molecular weight is 308 g/mol. The molecular weight excluding hydrogens is 284 g/mol. The highest BCUT2D eigenvalue weighted by Crippen LogP contribution is 2.24. The van der Waals surface area contributed by atoms with Gasteiger partial charge >= 0.3 is 5.97 Å². The molecule has 1 aliphatic heterocycles. The first kappa shape index (κ1) is 16.5. The first-order valence-electron chi connectivity index (χ1n) is 7.70. The van der Waals surface area contributed by atoms with Gasteiger partial charge in [0.15, 0.2) is 5.75 Å². The Morgan fingerprint density at radius 2 is 2.14 bits per heavy atom. The minimum absolute atomic E-state index is 0.113. The Labute approximate surface area is 130 Å². The molecule has 22 heavy (non-hydrogen) atoms.